The number of nitrogens with one attached hydrogen (secondary N) is 1. The minimum atomic E-state index is -0.851. The van der Waals surface area contributed by atoms with E-state index >= 15 is 0 Å². The van der Waals surface area contributed by atoms with Gasteiger partial charge in [0.25, 0.3) is 5.91 Å². The highest BCUT2D eigenvalue weighted by Gasteiger charge is 2.28. The highest BCUT2D eigenvalue weighted by atomic mass is 16.4. The minimum absolute atomic E-state index is 0.0549. The monoisotopic (exact) mass is 498 g/mol. The molecule has 0 fully saturated rings. The number of anilines is 1. The Kier molecular flexibility index (Phi) is 7.48. The van der Waals surface area contributed by atoms with Gasteiger partial charge in [-0.25, -0.2) is 4.79 Å². The average Bonchev–Trinajstić information content (AvgIpc) is 2.89. The molecule has 0 aliphatic rings. The maximum atomic E-state index is 13.2. The van der Waals surface area contributed by atoms with Crippen LogP contribution in [-0.4, -0.2) is 27.7 Å². The Morgan fingerprint density at radius 2 is 1.59 bits per heavy atom. The molecule has 4 aromatic rings. The lowest BCUT2D eigenvalue weighted by Gasteiger charge is -2.18. The van der Waals surface area contributed by atoms with Gasteiger partial charge in [-0.1, -0.05) is 65.8 Å². The van der Waals surface area contributed by atoms with Crippen molar-refractivity contribution in [3.8, 4) is 5.75 Å². The first kappa shape index (κ1) is 25.4. The van der Waals surface area contributed by atoms with E-state index in [0.717, 1.165) is 11.1 Å². The number of oxime groups is 1. The molecule has 3 N–H and O–H groups in total. The van der Waals surface area contributed by atoms with E-state index in [4.69, 9.17) is 4.42 Å². The average molecular weight is 499 g/mol. The molecule has 0 aliphatic carbocycles. The van der Waals surface area contributed by atoms with Gasteiger partial charge in [0.2, 0.25) is 0 Å². The lowest BCUT2D eigenvalue weighted by atomic mass is 9.86. The minimum Gasteiger partial charge on any atom is -0.507 e. The molecule has 0 spiro atoms. The van der Waals surface area contributed by atoms with Crippen molar-refractivity contribution in [3.05, 3.63) is 105 Å². The Morgan fingerprint density at radius 1 is 0.946 bits per heavy atom. The number of aromatic hydroxyl groups is 1. The number of fused-ring (bicyclic) bond motifs is 1. The van der Waals surface area contributed by atoms with E-state index in [0.29, 0.717) is 16.6 Å². The number of hydrogen-bond acceptors (Lipinski definition) is 7. The molecule has 4 rings (SSSR count). The van der Waals surface area contributed by atoms with Gasteiger partial charge in [-0.05, 0) is 42.7 Å². The molecule has 0 aliphatic heterocycles. The number of Topliss-reactive ketones (excluding diaryl/α,β-unsaturated/α-hetero) is 1. The standard InChI is InChI=1S/C29H26N2O6/c1-17-9-8-10-18(2)26(17)30-28(34)23(31-36)16-20(32)15-22(19-11-4-3-5-12-19)25-27(33)21-13-6-7-14-24(21)37-29(25)35/h3-14,22,33,36H,15-16H2,1-2H3,(H,30,34)/b31-23-/t22-/m1/s1. The fourth-order valence-electron chi connectivity index (χ4n) is 4.37. The van der Waals surface area contributed by atoms with Crippen molar-refractivity contribution >= 4 is 34.1 Å². The van der Waals surface area contributed by atoms with Crippen LogP contribution < -0.4 is 10.9 Å². The zero-order chi connectivity index (χ0) is 26.5. The smallest absolute Gasteiger partial charge is 0.343 e. The van der Waals surface area contributed by atoms with E-state index in [2.05, 4.69) is 10.5 Å². The van der Waals surface area contributed by atoms with Crippen molar-refractivity contribution in [2.75, 3.05) is 5.32 Å². The van der Waals surface area contributed by atoms with Crippen LogP contribution in [-0.2, 0) is 9.59 Å². The molecule has 0 radical (unpaired) electrons. The number of amides is 1. The summed E-state index contributed by atoms with van der Waals surface area (Å²) in [5.41, 5.74) is 1.86. The molecule has 0 bridgehead atoms. The number of aryl methyl sites for hydroxylation is 2. The Balaban J connectivity index is 1.63. The van der Waals surface area contributed by atoms with E-state index < -0.39 is 29.7 Å². The molecule has 1 heterocycles. The summed E-state index contributed by atoms with van der Waals surface area (Å²) in [4.78, 5) is 38.9. The SMILES string of the molecule is Cc1cccc(C)c1NC(=O)/C(CC(=O)C[C@H](c1ccccc1)c1c(O)c2ccccc2oc1=O)=N\O. The molecule has 3 aromatic carbocycles. The molecule has 1 amide bonds. The van der Waals surface area contributed by atoms with Gasteiger partial charge >= 0.3 is 5.63 Å². The molecule has 8 nitrogen and oxygen atoms in total. The summed E-state index contributed by atoms with van der Waals surface area (Å²) >= 11 is 0. The second kappa shape index (κ2) is 10.9. The topological polar surface area (TPSA) is 129 Å². The molecule has 1 atom stereocenters. The number of carbonyl (C=O) groups is 2. The molecular formula is C29H26N2O6. The summed E-state index contributed by atoms with van der Waals surface area (Å²) in [6.45, 7) is 3.66. The summed E-state index contributed by atoms with van der Waals surface area (Å²) in [5, 5.41) is 26.6. The fraction of sp³-hybridized carbons (Fsp3) is 0.172. The molecular weight excluding hydrogens is 472 g/mol. The predicted octanol–water partition coefficient (Wildman–Crippen LogP) is 5.07. The second-order valence-corrected chi connectivity index (χ2v) is 8.80. The van der Waals surface area contributed by atoms with Crippen molar-refractivity contribution in [2.24, 2.45) is 5.16 Å². The first-order valence-electron chi connectivity index (χ1n) is 11.7. The molecule has 0 saturated carbocycles. The Bertz CT molecular complexity index is 1540. The molecule has 8 heteroatoms. The zero-order valence-corrected chi connectivity index (χ0v) is 20.4. The van der Waals surface area contributed by atoms with Crippen molar-refractivity contribution in [1.29, 1.82) is 0 Å². The quantitative estimate of drug-likeness (QED) is 0.135. The third kappa shape index (κ3) is 5.43. The van der Waals surface area contributed by atoms with Crippen LogP contribution in [0, 0.1) is 13.8 Å². The Morgan fingerprint density at radius 3 is 2.27 bits per heavy atom. The van der Waals surface area contributed by atoms with E-state index in [1.165, 1.54) is 0 Å². The van der Waals surface area contributed by atoms with Crippen LogP contribution in [0.3, 0.4) is 0 Å². The lowest BCUT2D eigenvalue weighted by Crippen LogP contribution is -2.27. The molecule has 37 heavy (non-hydrogen) atoms. The molecule has 188 valence electrons. The normalized spacial score (nSPS) is 12.3. The van der Waals surface area contributed by atoms with Gasteiger partial charge in [-0.15, -0.1) is 0 Å². The molecule has 0 unspecified atom stereocenters. The maximum absolute atomic E-state index is 13.2. The van der Waals surface area contributed by atoms with Crippen LogP contribution in [0.2, 0.25) is 0 Å². The van der Waals surface area contributed by atoms with E-state index in [9.17, 15) is 24.7 Å². The number of carbonyl (C=O) groups excluding carboxylic acids is 2. The third-order valence-electron chi connectivity index (χ3n) is 6.27. The van der Waals surface area contributed by atoms with Gasteiger partial charge in [0, 0.05) is 18.0 Å². The zero-order valence-electron chi connectivity index (χ0n) is 20.4. The molecule has 0 saturated heterocycles. The van der Waals surface area contributed by atoms with Crippen molar-refractivity contribution < 1.29 is 24.3 Å². The largest absolute Gasteiger partial charge is 0.507 e. The third-order valence-corrected chi connectivity index (χ3v) is 6.27. The molecule has 1 aromatic heterocycles. The van der Waals surface area contributed by atoms with Gasteiger partial charge in [-0.3, -0.25) is 9.59 Å². The number of ketones is 1. The van der Waals surface area contributed by atoms with Crippen molar-refractivity contribution in [1.82, 2.24) is 0 Å². The number of benzene rings is 3. The summed E-state index contributed by atoms with van der Waals surface area (Å²) in [6, 6.07) is 20.9. The predicted molar refractivity (Wildman–Crippen MR) is 140 cm³/mol. The number of nitrogens with zero attached hydrogens (tertiary/aromatic N) is 1. The first-order chi connectivity index (χ1) is 17.8. The fourth-order valence-corrected chi connectivity index (χ4v) is 4.37. The summed E-state index contributed by atoms with van der Waals surface area (Å²) in [6.07, 6.45) is -0.716. The maximum Gasteiger partial charge on any atom is 0.343 e. The summed E-state index contributed by atoms with van der Waals surface area (Å²) in [5.74, 6) is -2.30. The van der Waals surface area contributed by atoms with E-state index in [-0.39, 0.29) is 29.0 Å². The van der Waals surface area contributed by atoms with Crippen LogP contribution >= 0.6 is 0 Å². The van der Waals surface area contributed by atoms with E-state index in [1.807, 2.05) is 32.0 Å². The highest BCUT2D eigenvalue weighted by molar-refractivity contribution is 6.45. The van der Waals surface area contributed by atoms with Gasteiger partial charge in [0.1, 0.15) is 17.1 Å². The Hall–Kier alpha value is -4.72. The summed E-state index contributed by atoms with van der Waals surface area (Å²) < 4.78 is 5.43. The van der Waals surface area contributed by atoms with Gasteiger partial charge in [0.05, 0.1) is 17.4 Å². The van der Waals surface area contributed by atoms with Crippen LogP contribution in [0.1, 0.15) is 41.0 Å². The number of rotatable bonds is 8. The summed E-state index contributed by atoms with van der Waals surface area (Å²) in [7, 11) is 0. The second-order valence-electron chi connectivity index (χ2n) is 8.80. The van der Waals surface area contributed by atoms with Crippen LogP contribution in [0.25, 0.3) is 11.0 Å². The van der Waals surface area contributed by atoms with Crippen LogP contribution in [0.15, 0.2) is 87.2 Å². The van der Waals surface area contributed by atoms with Crippen LogP contribution in [0.5, 0.6) is 5.75 Å². The van der Waals surface area contributed by atoms with E-state index in [1.54, 1.807) is 54.6 Å². The van der Waals surface area contributed by atoms with Crippen molar-refractivity contribution in [2.45, 2.75) is 32.6 Å². The van der Waals surface area contributed by atoms with Crippen molar-refractivity contribution in [3.63, 3.8) is 0 Å². The van der Waals surface area contributed by atoms with Crippen LogP contribution in [0.4, 0.5) is 5.69 Å². The highest BCUT2D eigenvalue weighted by Crippen LogP contribution is 2.36. The number of hydrogen-bond donors (Lipinski definition) is 3. The number of para-hydroxylation sites is 2. The first-order valence-corrected chi connectivity index (χ1v) is 11.7. The Labute approximate surface area is 212 Å². The van der Waals surface area contributed by atoms with Gasteiger partial charge in [-0.2, -0.15) is 0 Å². The van der Waals surface area contributed by atoms with Gasteiger partial charge in [0.15, 0.2) is 5.71 Å². The lowest BCUT2D eigenvalue weighted by molar-refractivity contribution is -0.119. The van der Waals surface area contributed by atoms with Gasteiger partial charge < -0.3 is 20.0 Å².